The lowest BCUT2D eigenvalue weighted by Gasteiger charge is -2.24. The summed E-state index contributed by atoms with van der Waals surface area (Å²) in [4.78, 5) is 5.44. The predicted octanol–water partition coefficient (Wildman–Crippen LogP) is 3.42. The van der Waals surface area contributed by atoms with E-state index in [-0.39, 0.29) is 5.49 Å². The van der Waals surface area contributed by atoms with E-state index in [0.29, 0.717) is 18.2 Å². The summed E-state index contributed by atoms with van der Waals surface area (Å²) in [6.07, 6.45) is 0.775. The van der Waals surface area contributed by atoms with Gasteiger partial charge in [-0.05, 0) is 23.8 Å². The first-order chi connectivity index (χ1) is 10.3. The molecule has 0 atom stereocenters. The van der Waals surface area contributed by atoms with Gasteiger partial charge in [0.05, 0.1) is 0 Å². The van der Waals surface area contributed by atoms with Gasteiger partial charge in [0.15, 0.2) is 0 Å². The highest BCUT2D eigenvalue weighted by Gasteiger charge is 2.31. The molecular formula is C15H15ClF3N3. The van der Waals surface area contributed by atoms with Gasteiger partial charge < -0.3 is 9.47 Å². The maximum absolute atomic E-state index is 12.6. The quantitative estimate of drug-likeness (QED) is 0.778. The maximum Gasteiger partial charge on any atom is 0.432 e. The summed E-state index contributed by atoms with van der Waals surface area (Å²) >= 11 is 5.97. The van der Waals surface area contributed by atoms with Gasteiger partial charge >= 0.3 is 6.18 Å². The van der Waals surface area contributed by atoms with Crippen LogP contribution >= 0.6 is 11.6 Å². The van der Waals surface area contributed by atoms with E-state index in [1.165, 1.54) is 6.07 Å². The van der Waals surface area contributed by atoms with Gasteiger partial charge in [-0.3, -0.25) is 0 Å². The molecule has 0 unspecified atom stereocenters. The molecule has 1 aromatic rings. The fourth-order valence-corrected chi connectivity index (χ4v) is 2.10. The van der Waals surface area contributed by atoms with Crippen molar-refractivity contribution in [1.82, 2.24) is 9.47 Å². The largest absolute Gasteiger partial charge is 0.432 e. The molecule has 0 fully saturated rings. The minimum Gasteiger partial charge on any atom is -0.361 e. The fraction of sp³-hybridized carbons (Fsp3) is 0.267. The summed E-state index contributed by atoms with van der Waals surface area (Å²) in [5, 5.41) is 0.622. The normalized spacial score (nSPS) is 16.4. The lowest BCUT2D eigenvalue weighted by atomic mass is 10.2. The van der Waals surface area contributed by atoms with E-state index < -0.39 is 11.9 Å². The highest BCUT2D eigenvalue weighted by atomic mass is 35.5. The maximum atomic E-state index is 12.6. The molecule has 0 radical (unpaired) electrons. The molecule has 7 heteroatoms. The zero-order valence-electron chi connectivity index (χ0n) is 11.9. The number of pyridine rings is 1. The van der Waals surface area contributed by atoms with Crippen LogP contribution in [0.2, 0.25) is 0 Å². The van der Waals surface area contributed by atoms with Crippen molar-refractivity contribution in [2.75, 3.05) is 13.6 Å². The molecule has 0 N–H and O–H groups in total. The van der Waals surface area contributed by atoms with Crippen molar-refractivity contribution >= 4 is 11.6 Å². The second kappa shape index (κ2) is 6.44. The number of likely N-dealkylation sites (N-methyl/N-ethyl adjacent to an activating group) is 1. The Kier molecular flexibility index (Phi) is 4.81. The Bertz CT molecular complexity index is 698. The van der Waals surface area contributed by atoms with Crippen molar-refractivity contribution in [2.45, 2.75) is 12.7 Å². The molecule has 0 saturated heterocycles. The first-order valence-electron chi connectivity index (χ1n) is 6.50. The molecule has 118 valence electrons. The molecule has 0 aliphatic carbocycles. The molecule has 0 spiro atoms. The van der Waals surface area contributed by atoms with Crippen LogP contribution < -0.4 is 5.49 Å². The Morgan fingerprint density at radius 1 is 1.36 bits per heavy atom. The van der Waals surface area contributed by atoms with E-state index in [9.17, 15) is 13.2 Å². The minimum atomic E-state index is -4.53. The first-order valence-corrected chi connectivity index (χ1v) is 6.88. The number of halogens is 4. The highest BCUT2D eigenvalue weighted by molar-refractivity contribution is 6.29. The molecule has 2 rings (SSSR count). The molecule has 0 aromatic carbocycles. The molecule has 3 nitrogen and oxygen atoms in total. The standard InChI is InChI=1S/C15H15ClF3N3/c1-11(15(17,18)19)20-14-5-3-4-8-22(14)10-12-6-7-13(16)21(2)9-12/h3-8H,1,9-10H2,2H3. The van der Waals surface area contributed by atoms with Crippen LogP contribution in [0.25, 0.3) is 0 Å². The van der Waals surface area contributed by atoms with E-state index in [1.54, 1.807) is 29.0 Å². The van der Waals surface area contributed by atoms with Crippen LogP contribution in [0.4, 0.5) is 13.2 Å². The highest BCUT2D eigenvalue weighted by Crippen LogP contribution is 2.24. The average molecular weight is 330 g/mol. The van der Waals surface area contributed by atoms with E-state index in [1.807, 2.05) is 18.0 Å². The van der Waals surface area contributed by atoms with Crippen LogP contribution in [0, 0.1) is 0 Å². The molecule has 22 heavy (non-hydrogen) atoms. The van der Waals surface area contributed by atoms with Crippen molar-refractivity contribution in [3.05, 3.63) is 65.0 Å². The lowest BCUT2D eigenvalue weighted by molar-refractivity contribution is -0.0923. The van der Waals surface area contributed by atoms with Gasteiger partial charge in [0.25, 0.3) is 0 Å². The summed E-state index contributed by atoms with van der Waals surface area (Å²) in [5.74, 6) is 0. The summed E-state index contributed by atoms with van der Waals surface area (Å²) in [5.41, 5.74) is 0.0938. The molecule has 1 aliphatic heterocycles. The summed E-state index contributed by atoms with van der Waals surface area (Å²) in [7, 11) is 1.85. The zero-order valence-corrected chi connectivity index (χ0v) is 12.7. The number of alkyl halides is 3. The molecule has 2 heterocycles. The third kappa shape index (κ3) is 4.04. The van der Waals surface area contributed by atoms with Gasteiger partial charge in [-0.25, -0.2) is 4.99 Å². The SMILES string of the molecule is C=C(N=c1ccccn1CC1=CC=C(Cl)N(C)C1)C(F)(F)F. The molecule has 0 saturated carbocycles. The number of aromatic nitrogens is 1. The van der Waals surface area contributed by atoms with E-state index in [2.05, 4.69) is 11.6 Å². The van der Waals surface area contributed by atoms with Gasteiger partial charge in [-0.1, -0.05) is 30.3 Å². The van der Waals surface area contributed by atoms with Gasteiger partial charge in [-0.15, -0.1) is 0 Å². The summed E-state index contributed by atoms with van der Waals surface area (Å²) < 4.78 is 39.4. The van der Waals surface area contributed by atoms with Gasteiger partial charge in [0.1, 0.15) is 16.3 Å². The van der Waals surface area contributed by atoms with Crippen molar-refractivity contribution in [2.24, 2.45) is 4.99 Å². The molecule has 1 aromatic heterocycles. The number of nitrogens with zero attached hydrogens (tertiary/aromatic N) is 3. The smallest absolute Gasteiger partial charge is 0.361 e. The predicted molar refractivity (Wildman–Crippen MR) is 79.8 cm³/mol. The zero-order chi connectivity index (χ0) is 16.3. The van der Waals surface area contributed by atoms with Crippen molar-refractivity contribution in [3.8, 4) is 0 Å². The van der Waals surface area contributed by atoms with E-state index in [4.69, 9.17) is 11.6 Å². The lowest BCUT2D eigenvalue weighted by Crippen LogP contribution is -2.27. The molecule has 0 amide bonds. The van der Waals surface area contributed by atoms with E-state index >= 15 is 0 Å². The number of allylic oxidation sites excluding steroid dienone is 3. The Hall–Kier alpha value is -1.95. The van der Waals surface area contributed by atoms with E-state index in [0.717, 1.165) is 5.57 Å². The minimum absolute atomic E-state index is 0.203. The summed E-state index contributed by atoms with van der Waals surface area (Å²) in [6, 6.07) is 4.90. The Morgan fingerprint density at radius 2 is 2.09 bits per heavy atom. The van der Waals surface area contributed by atoms with Crippen LogP contribution in [-0.2, 0) is 6.54 Å². The Labute approximate surface area is 131 Å². The molecule has 1 aliphatic rings. The van der Waals surface area contributed by atoms with Crippen LogP contribution in [0.3, 0.4) is 0 Å². The third-order valence-corrected chi connectivity index (χ3v) is 3.54. The fourth-order valence-electron chi connectivity index (χ4n) is 1.97. The van der Waals surface area contributed by atoms with Gasteiger partial charge in [0, 0.05) is 26.3 Å². The van der Waals surface area contributed by atoms with Crippen LogP contribution in [0.1, 0.15) is 0 Å². The first kappa shape index (κ1) is 16.4. The van der Waals surface area contributed by atoms with Crippen molar-refractivity contribution in [3.63, 3.8) is 0 Å². The summed E-state index contributed by atoms with van der Waals surface area (Å²) in [6.45, 7) is 4.01. The van der Waals surface area contributed by atoms with Gasteiger partial charge in [-0.2, -0.15) is 13.2 Å². The Morgan fingerprint density at radius 3 is 2.73 bits per heavy atom. The number of hydrogen-bond acceptors (Lipinski definition) is 2. The second-order valence-electron chi connectivity index (χ2n) is 4.91. The third-order valence-electron chi connectivity index (χ3n) is 3.13. The second-order valence-corrected chi connectivity index (χ2v) is 5.30. The van der Waals surface area contributed by atoms with Crippen LogP contribution in [0.15, 0.2) is 64.5 Å². The van der Waals surface area contributed by atoms with Gasteiger partial charge in [0.2, 0.25) is 0 Å². The Balaban J connectivity index is 2.31. The topological polar surface area (TPSA) is 20.5 Å². The van der Waals surface area contributed by atoms with Crippen molar-refractivity contribution in [1.29, 1.82) is 0 Å². The average Bonchev–Trinajstić information content (AvgIpc) is 2.44. The molecular weight excluding hydrogens is 315 g/mol. The molecule has 0 bridgehead atoms. The van der Waals surface area contributed by atoms with Crippen LogP contribution in [0.5, 0.6) is 0 Å². The number of rotatable bonds is 3. The monoisotopic (exact) mass is 329 g/mol. The van der Waals surface area contributed by atoms with Crippen LogP contribution in [-0.4, -0.2) is 29.2 Å². The number of hydrogen-bond donors (Lipinski definition) is 0. The van der Waals surface area contributed by atoms with Crippen molar-refractivity contribution < 1.29 is 13.2 Å².